The van der Waals surface area contributed by atoms with E-state index in [1.165, 1.54) is 0 Å². The fourth-order valence-electron chi connectivity index (χ4n) is 3.34. The van der Waals surface area contributed by atoms with Crippen molar-refractivity contribution in [3.05, 3.63) is 71.1 Å². The van der Waals surface area contributed by atoms with E-state index >= 15 is 0 Å². The Balaban J connectivity index is 1.55. The monoisotopic (exact) mass is 436 g/mol. The molecular weight excluding hydrogens is 412 g/mol. The Morgan fingerprint density at radius 2 is 1.87 bits per heavy atom. The molecule has 0 spiro atoms. The second-order valence-electron chi connectivity index (χ2n) is 8.47. The standard InChI is InChI=1S/C23H25ClN6O/c1-23(2,3)21-12-17(30(28-21)16-10-8-15(24)9-11-16)13-25-22(31)27-19-6-5-7-20-18(19)14-26-29(20)4/h5-12,14H,13H2,1-4H3,(H2,25,27,31). The number of fused-ring (bicyclic) bond motifs is 1. The number of hydrogen-bond acceptors (Lipinski definition) is 3. The topological polar surface area (TPSA) is 76.8 Å². The number of halogens is 1. The summed E-state index contributed by atoms with van der Waals surface area (Å²) in [6.07, 6.45) is 1.75. The van der Waals surface area contributed by atoms with Crippen LogP contribution in [0.1, 0.15) is 32.2 Å². The average Bonchev–Trinajstić information content (AvgIpc) is 3.32. The van der Waals surface area contributed by atoms with E-state index in [-0.39, 0.29) is 11.4 Å². The van der Waals surface area contributed by atoms with Gasteiger partial charge < -0.3 is 10.6 Å². The first kappa shape index (κ1) is 20.9. The van der Waals surface area contributed by atoms with Gasteiger partial charge in [0, 0.05) is 22.9 Å². The van der Waals surface area contributed by atoms with Crippen LogP contribution >= 0.6 is 11.6 Å². The zero-order chi connectivity index (χ0) is 22.2. The summed E-state index contributed by atoms with van der Waals surface area (Å²) in [5.41, 5.74) is 4.25. The summed E-state index contributed by atoms with van der Waals surface area (Å²) >= 11 is 6.04. The van der Waals surface area contributed by atoms with E-state index in [1.807, 2.05) is 60.3 Å². The Hall–Kier alpha value is -3.32. The molecule has 2 aromatic carbocycles. The SMILES string of the molecule is Cn1ncc2c(NC(=O)NCc3cc(C(C)(C)C)nn3-c3ccc(Cl)cc3)cccc21. The number of carbonyl (C=O) groups excluding carboxylic acids is 1. The Bertz CT molecular complexity index is 1230. The minimum Gasteiger partial charge on any atom is -0.332 e. The molecule has 0 unspecified atom stereocenters. The van der Waals surface area contributed by atoms with E-state index < -0.39 is 0 Å². The second kappa shape index (κ2) is 8.07. The van der Waals surface area contributed by atoms with Crippen LogP contribution in [-0.2, 0) is 19.0 Å². The van der Waals surface area contributed by atoms with Crippen LogP contribution in [0.3, 0.4) is 0 Å². The number of anilines is 1. The molecular formula is C23H25ClN6O. The summed E-state index contributed by atoms with van der Waals surface area (Å²) in [5, 5.41) is 16.5. The lowest BCUT2D eigenvalue weighted by atomic mass is 9.92. The fourth-order valence-corrected chi connectivity index (χ4v) is 3.47. The van der Waals surface area contributed by atoms with Crippen LogP contribution in [0.15, 0.2) is 54.7 Å². The molecule has 0 radical (unpaired) electrons. The van der Waals surface area contributed by atoms with Crippen LogP contribution < -0.4 is 10.6 Å². The molecule has 31 heavy (non-hydrogen) atoms. The third kappa shape index (κ3) is 4.41. The first-order valence-electron chi connectivity index (χ1n) is 10.0. The minimum absolute atomic E-state index is 0.120. The summed E-state index contributed by atoms with van der Waals surface area (Å²) in [6, 6.07) is 14.9. The van der Waals surface area contributed by atoms with Crippen LogP contribution in [0.2, 0.25) is 5.02 Å². The van der Waals surface area contributed by atoms with Gasteiger partial charge in [0.25, 0.3) is 0 Å². The maximum atomic E-state index is 12.6. The van der Waals surface area contributed by atoms with Gasteiger partial charge in [-0.2, -0.15) is 10.2 Å². The van der Waals surface area contributed by atoms with Gasteiger partial charge in [-0.25, -0.2) is 9.48 Å². The van der Waals surface area contributed by atoms with E-state index in [1.54, 1.807) is 10.9 Å². The lowest BCUT2D eigenvalue weighted by Crippen LogP contribution is -2.29. The smallest absolute Gasteiger partial charge is 0.319 e. The van der Waals surface area contributed by atoms with E-state index in [2.05, 4.69) is 36.5 Å². The van der Waals surface area contributed by atoms with Crippen molar-refractivity contribution in [3.8, 4) is 5.69 Å². The minimum atomic E-state index is -0.294. The molecule has 4 aromatic rings. The number of amides is 2. The van der Waals surface area contributed by atoms with Gasteiger partial charge >= 0.3 is 6.03 Å². The first-order valence-corrected chi connectivity index (χ1v) is 10.4. The van der Waals surface area contributed by atoms with Crippen LogP contribution in [-0.4, -0.2) is 25.6 Å². The van der Waals surface area contributed by atoms with Crippen LogP contribution in [0, 0.1) is 0 Å². The Kier molecular flexibility index (Phi) is 5.45. The first-order chi connectivity index (χ1) is 14.7. The summed E-state index contributed by atoms with van der Waals surface area (Å²) in [6.45, 7) is 6.65. The quantitative estimate of drug-likeness (QED) is 0.471. The van der Waals surface area contributed by atoms with E-state index in [9.17, 15) is 4.79 Å². The van der Waals surface area contributed by atoms with E-state index in [4.69, 9.17) is 16.7 Å². The van der Waals surface area contributed by atoms with Gasteiger partial charge in [0.05, 0.1) is 41.0 Å². The Morgan fingerprint density at radius 3 is 2.58 bits per heavy atom. The number of benzene rings is 2. The third-order valence-electron chi connectivity index (χ3n) is 5.09. The molecule has 2 amide bonds. The molecule has 0 bridgehead atoms. The van der Waals surface area contributed by atoms with Crippen molar-refractivity contribution >= 4 is 34.2 Å². The van der Waals surface area contributed by atoms with E-state index in [0.29, 0.717) is 17.3 Å². The molecule has 0 aliphatic carbocycles. The molecule has 2 aromatic heterocycles. The summed E-state index contributed by atoms with van der Waals surface area (Å²) in [4.78, 5) is 12.6. The maximum Gasteiger partial charge on any atom is 0.319 e. The molecule has 2 N–H and O–H groups in total. The molecule has 0 aliphatic rings. The highest BCUT2D eigenvalue weighted by Crippen LogP contribution is 2.25. The molecule has 0 aliphatic heterocycles. The van der Waals surface area contributed by atoms with Crippen molar-refractivity contribution in [1.82, 2.24) is 24.9 Å². The molecule has 4 rings (SSSR count). The lowest BCUT2D eigenvalue weighted by molar-refractivity contribution is 0.251. The fraction of sp³-hybridized carbons (Fsp3) is 0.261. The number of rotatable bonds is 4. The number of nitrogens with zero attached hydrogens (tertiary/aromatic N) is 4. The van der Waals surface area contributed by atoms with Gasteiger partial charge in [-0.15, -0.1) is 0 Å². The molecule has 7 nitrogen and oxygen atoms in total. The number of urea groups is 1. The van der Waals surface area contributed by atoms with Gasteiger partial charge in [0.15, 0.2) is 0 Å². The highest BCUT2D eigenvalue weighted by Gasteiger charge is 2.21. The van der Waals surface area contributed by atoms with Crippen molar-refractivity contribution in [1.29, 1.82) is 0 Å². The Labute approximate surface area is 186 Å². The number of nitrogens with one attached hydrogen (secondary N) is 2. The summed E-state index contributed by atoms with van der Waals surface area (Å²) in [5.74, 6) is 0. The van der Waals surface area contributed by atoms with Crippen LogP contribution in [0.4, 0.5) is 10.5 Å². The number of carbonyl (C=O) groups is 1. The third-order valence-corrected chi connectivity index (χ3v) is 5.34. The number of hydrogen-bond donors (Lipinski definition) is 2. The number of aryl methyl sites for hydroxylation is 1. The lowest BCUT2D eigenvalue weighted by Gasteiger charge is -2.14. The van der Waals surface area contributed by atoms with Crippen molar-refractivity contribution in [3.63, 3.8) is 0 Å². The predicted molar refractivity (Wildman–Crippen MR) is 124 cm³/mol. The molecule has 0 saturated heterocycles. The van der Waals surface area contributed by atoms with Gasteiger partial charge in [-0.1, -0.05) is 38.4 Å². The zero-order valence-corrected chi connectivity index (χ0v) is 18.7. The van der Waals surface area contributed by atoms with Gasteiger partial charge in [-0.3, -0.25) is 4.68 Å². The molecule has 0 atom stereocenters. The molecule has 8 heteroatoms. The highest BCUT2D eigenvalue weighted by atomic mass is 35.5. The van der Waals surface area contributed by atoms with Crippen molar-refractivity contribution in [2.24, 2.45) is 7.05 Å². The molecule has 0 fully saturated rings. The van der Waals surface area contributed by atoms with Gasteiger partial charge in [-0.05, 0) is 42.5 Å². The largest absolute Gasteiger partial charge is 0.332 e. The summed E-state index contributed by atoms with van der Waals surface area (Å²) in [7, 11) is 1.87. The van der Waals surface area contributed by atoms with Gasteiger partial charge in [0.2, 0.25) is 0 Å². The predicted octanol–water partition coefficient (Wildman–Crippen LogP) is 5.03. The van der Waals surface area contributed by atoms with Crippen LogP contribution in [0.5, 0.6) is 0 Å². The number of aromatic nitrogens is 4. The van der Waals surface area contributed by atoms with Crippen molar-refractivity contribution in [2.75, 3.05) is 5.32 Å². The average molecular weight is 437 g/mol. The van der Waals surface area contributed by atoms with Crippen LogP contribution in [0.25, 0.3) is 16.6 Å². The zero-order valence-electron chi connectivity index (χ0n) is 18.0. The van der Waals surface area contributed by atoms with E-state index in [0.717, 1.165) is 28.0 Å². The molecule has 160 valence electrons. The van der Waals surface area contributed by atoms with Crippen molar-refractivity contribution < 1.29 is 4.79 Å². The second-order valence-corrected chi connectivity index (χ2v) is 8.91. The molecule has 0 saturated carbocycles. The maximum absolute atomic E-state index is 12.6. The normalized spacial score (nSPS) is 11.6. The highest BCUT2D eigenvalue weighted by molar-refractivity contribution is 6.30. The molecule has 2 heterocycles. The summed E-state index contributed by atoms with van der Waals surface area (Å²) < 4.78 is 3.62. The Morgan fingerprint density at radius 1 is 1.13 bits per heavy atom. The van der Waals surface area contributed by atoms with Gasteiger partial charge in [0.1, 0.15) is 0 Å². The van der Waals surface area contributed by atoms with Crippen molar-refractivity contribution in [2.45, 2.75) is 32.7 Å².